The summed E-state index contributed by atoms with van der Waals surface area (Å²) in [6, 6.07) is 9.66. The molecule has 0 fully saturated rings. The number of ether oxygens (including phenoxy) is 1. The first-order valence-corrected chi connectivity index (χ1v) is 8.33. The summed E-state index contributed by atoms with van der Waals surface area (Å²) in [4.78, 5) is 0.111. The van der Waals surface area contributed by atoms with Crippen LogP contribution in [0.15, 0.2) is 45.8 Å². The van der Waals surface area contributed by atoms with Crippen molar-refractivity contribution in [3.05, 3.63) is 46.4 Å². The summed E-state index contributed by atoms with van der Waals surface area (Å²) in [6.45, 7) is 1.82. The molecule has 21 heavy (non-hydrogen) atoms. The Labute approximate surface area is 132 Å². The molecule has 0 aromatic heterocycles. The van der Waals surface area contributed by atoms with Crippen molar-refractivity contribution in [3.63, 3.8) is 0 Å². The fourth-order valence-corrected chi connectivity index (χ4v) is 3.28. The van der Waals surface area contributed by atoms with Gasteiger partial charge in [0.1, 0.15) is 5.75 Å². The van der Waals surface area contributed by atoms with Crippen LogP contribution in [0.25, 0.3) is 0 Å². The van der Waals surface area contributed by atoms with Crippen molar-refractivity contribution in [1.29, 1.82) is 0 Å². The number of anilines is 2. The number of nitrogens with one attached hydrogen (secondary N) is 1. The van der Waals surface area contributed by atoms with Gasteiger partial charge in [-0.15, -0.1) is 0 Å². The summed E-state index contributed by atoms with van der Waals surface area (Å²) >= 11 is 3.30. The van der Waals surface area contributed by atoms with Crippen LogP contribution in [0.2, 0.25) is 0 Å². The van der Waals surface area contributed by atoms with Crippen molar-refractivity contribution in [2.45, 2.75) is 11.8 Å². The lowest BCUT2D eigenvalue weighted by atomic mass is 10.2. The normalized spacial score (nSPS) is 11.2. The Morgan fingerprint density at radius 2 is 1.90 bits per heavy atom. The van der Waals surface area contributed by atoms with Gasteiger partial charge in [-0.3, -0.25) is 4.72 Å². The van der Waals surface area contributed by atoms with Crippen molar-refractivity contribution in [2.75, 3.05) is 17.6 Å². The third kappa shape index (κ3) is 3.48. The van der Waals surface area contributed by atoms with Gasteiger partial charge in [0.2, 0.25) is 0 Å². The summed E-state index contributed by atoms with van der Waals surface area (Å²) in [6.07, 6.45) is 0. The molecule has 0 aliphatic rings. The fraction of sp³-hybridized carbons (Fsp3) is 0.143. The van der Waals surface area contributed by atoms with Crippen molar-refractivity contribution in [3.8, 4) is 5.75 Å². The van der Waals surface area contributed by atoms with E-state index in [4.69, 9.17) is 10.5 Å². The molecule has 0 radical (unpaired) electrons. The number of aryl methyl sites for hydroxylation is 1. The maximum atomic E-state index is 12.4. The number of nitrogen functional groups attached to an aromatic ring is 1. The molecule has 7 heteroatoms. The van der Waals surface area contributed by atoms with Crippen LogP contribution in [0.1, 0.15) is 5.56 Å². The molecular weight excluding hydrogens is 356 g/mol. The summed E-state index contributed by atoms with van der Waals surface area (Å²) in [5.74, 6) is 0.555. The molecular formula is C14H15BrN2O3S. The Balaban J connectivity index is 2.39. The molecule has 112 valence electrons. The molecule has 0 saturated carbocycles. The number of halogens is 1. The van der Waals surface area contributed by atoms with Gasteiger partial charge in [0.25, 0.3) is 10.0 Å². The Morgan fingerprint density at radius 3 is 2.52 bits per heavy atom. The van der Waals surface area contributed by atoms with E-state index in [0.29, 0.717) is 21.6 Å². The minimum Gasteiger partial charge on any atom is -0.497 e. The highest BCUT2D eigenvalue weighted by molar-refractivity contribution is 9.10. The van der Waals surface area contributed by atoms with Crippen LogP contribution in [0.3, 0.4) is 0 Å². The van der Waals surface area contributed by atoms with Gasteiger partial charge in [-0.1, -0.05) is 6.07 Å². The third-order valence-corrected chi connectivity index (χ3v) is 5.03. The number of hydrogen-bond acceptors (Lipinski definition) is 4. The monoisotopic (exact) mass is 370 g/mol. The molecule has 0 unspecified atom stereocenters. The molecule has 5 nitrogen and oxygen atoms in total. The van der Waals surface area contributed by atoms with Gasteiger partial charge in [0.15, 0.2) is 0 Å². The van der Waals surface area contributed by atoms with Crippen LogP contribution in [0, 0.1) is 6.92 Å². The van der Waals surface area contributed by atoms with Gasteiger partial charge >= 0.3 is 0 Å². The SMILES string of the molecule is COc1ccc(Br)c(NS(=O)(=O)c2ccc(C)c(N)c2)c1. The molecule has 2 aromatic carbocycles. The molecule has 0 saturated heterocycles. The quantitative estimate of drug-likeness (QED) is 0.809. The van der Waals surface area contributed by atoms with Crippen LogP contribution in [0.4, 0.5) is 11.4 Å². The topological polar surface area (TPSA) is 81.4 Å². The molecule has 0 aliphatic carbocycles. The van der Waals surface area contributed by atoms with Crippen LogP contribution in [0.5, 0.6) is 5.75 Å². The maximum Gasteiger partial charge on any atom is 0.262 e. The Morgan fingerprint density at radius 1 is 1.19 bits per heavy atom. The van der Waals surface area contributed by atoms with E-state index in [1.807, 2.05) is 6.92 Å². The molecule has 0 spiro atoms. The van der Waals surface area contributed by atoms with E-state index in [0.717, 1.165) is 5.56 Å². The predicted octanol–water partition coefficient (Wildman–Crippen LogP) is 3.15. The van der Waals surface area contributed by atoms with Crippen LogP contribution in [-0.4, -0.2) is 15.5 Å². The van der Waals surface area contributed by atoms with E-state index in [2.05, 4.69) is 20.7 Å². The number of benzene rings is 2. The van der Waals surface area contributed by atoms with Crippen LogP contribution >= 0.6 is 15.9 Å². The second-order valence-corrected chi connectivity index (χ2v) is 7.01. The molecule has 0 aliphatic heterocycles. The highest BCUT2D eigenvalue weighted by Gasteiger charge is 2.17. The lowest BCUT2D eigenvalue weighted by Gasteiger charge is -2.12. The maximum absolute atomic E-state index is 12.4. The summed E-state index contributed by atoms with van der Waals surface area (Å²) in [5.41, 5.74) is 7.42. The Kier molecular flexibility index (Phi) is 4.43. The van der Waals surface area contributed by atoms with Crippen molar-refractivity contribution >= 4 is 37.3 Å². The lowest BCUT2D eigenvalue weighted by molar-refractivity contribution is 0.415. The van der Waals surface area contributed by atoms with Gasteiger partial charge < -0.3 is 10.5 Å². The summed E-state index contributed by atoms with van der Waals surface area (Å²) < 4.78 is 33.0. The second-order valence-electron chi connectivity index (χ2n) is 4.47. The van der Waals surface area contributed by atoms with Gasteiger partial charge in [-0.2, -0.15) is 0 Å². The fourth-order valence-electron chi connectivity index (χ4n) is 1.70. The van der Waals surface area contributed by atoms with E-state index in [9.17, 15) is 8.42 Å². The van der Waals surface area contributed by atoms with E-state index in [1.54, 1.807) is 24.3 Å². The molecule has 0 atom stereocenters. The summed E-state index contributed by atoms with van der Waals surface area (Å²) in [5, 5.41) is 0. The average Bonchev–Trinajstić information content (AvgIpc) is 2.44. The van der Waals surface area contributed by atoms with Gasteiger partial charge in [-0.25, -0.2) is 8.42 Å². The van der Waals surface area contributed by atoms with Crippen molar-refractivity contribution in [1.82, 2.24) is 0 Å². The van der Waals surface area contributed by atoms with E-state index in [1.165, 1.54) is 19.2 Å². The van der Waals surface area contributed by atoms with Crippen molar-refractivity contribution in [2.24, 2.45) is 0 Å². The van der Waals surface area contributed by atoms with E-state index < -0.39 is 10.0 Å². The van der Waals surface area contributed by atoms with Crippen LogP contribution in [-0.2, 0) is 10.0 Å². The smallest absolute Gasteiger partial charge is 0.262 e. The average molecular weight is 371 g/mol. The number of rotatable bonds is 4. The second kappa shape index (κ2) is 5.95. The molecule has 2 rings (SSSR count). The number of nitrogens with two attached hydrogens (primary N) is 1. The zero-order valence-corrected chi connectivity index (χ0v) is 14.0. The Hall–Kier alpha value is -1.73. The first kappa shape index (κ1) is 15.7. The first-order valence-electron chi connectivity index (χ1n) is 6.06. The first-order chi connectivity index (χ1) is 9.83. The molecule has 0 heterocycles. The zero-order valence-electron chi connectivity index (χ0n) is 11.6. The standard InChI is InChI=1S/C14H15BrN2O3S/c1-9-3-5-11(8-13(9)16)21(18,19)17-14-7-10(20-2)4-6-12(14)15/h3-8,17H,16H2,1-2H3. The highest BCUT2D eigenvalue weighted by atomic mass is 79.9. The summed E-state index contributed by atoms with van der Waals surface area (Å²) in [7, 11) is -2.20. The van der Waals surface area contributed by atoms with Gasteiger partial charge in [0.05, 0.1) is 17.7 Å². The highest BCUT2D eigenvalue weighted by Crippen LogP contribution is 2.29. The van der Waals surface area contributed by atoms with E-state index >= 15 is 0 Å². The minimum absolute atomic E-state index is 0.111. The van der Waals surface area contributed by atoms with Crippen molar-refractivity contribution < 1.29 is 13.2 Å². The third-order valence-electron chi connectivity index (χ3n) is 2.98. The van der Waals surface area contributed by atoms with E-state index in [-0.39, 0.29) is 4.90 Å². The predicted molar refractivity (Wildman–Crippen MR) is 87.1 cm³/mol. The molecule has 3 N–H and O–H groups in total. The molecule has 2 aromatic rings. The largest absolute Gasteiger partial charge is 0.497 e. The minimum atomic E-state index is -3.72. The van der Waals surface area contributed by atoms with Crippen LogP contribution < -0.4 is 15.2 Å². The Bertz CT molecular complexity index is 776. The zero-order chi connectivity index (χ0) is 15.6. The lowest BCUT2D eigenvalue weighted by Crippen LogP contribution is -2.14. The number of hydrogen-bond donors (Lipinski definition) is 2. The molecule has 0 bridgehead atoms. The number of methoxy groups -OCH3 is 1. The van der Waals surface area contributed by atoms with Gasteiger partial charge in [0, 0.05) is 16.2 Å². The number of sulfonamides is 1. The molecule has 0 amide bonds. The van der Waals surface area contributed by atoms with Gasteiger partial charge in [-0.05, 0) is 52.7 Å².